The van der Waals surface area contributed by atoms with Crippen LogP contribution in [0.4, 0.5) is 5.95 Å². The fourth-order valence-electron chi connectivity index (χ4n) is 2.39. The highest BCUT2D eigenvalue weighted by atomic mass is 16.5. The van der Waals surface area contributed by atoms with Gasteiger partial charge in [0.25, 0.3) is 0 Å². The highest BCUT2D eigenvalue weighted by Gasteiger charge is 2.32. The van der Waals surface area contributed by atoms with Crippen LogP contribution in [0.2, 0.25) is 0 Å². The molecule has 0 bridgehead atoms. The molecule has 5 nitrogen and oxygen atoms in total. The van der Waals surface area contributed by atoms with Crippen LogP contribution >= 0.6 is 0 Å². The van der Waals surface area contributed by atoms with Crippen LogP contribution in [0.15, 0.2) is 30.4 Å². The topological polar surface area (TPSA) is 50.3 Å². The lowest BCUT2D eigenvalue weighted by atomic mass is 10.1. The molecule has 2 aliphatic heterocycles. The zero-order valence-electron chi connectivity index (χ0n) is 10.8. The number of anilines is 1. The van der Waals surface area contributed by atoms with Crippen molar-refractivity contribution in [1.82, 2.24) is 15.3 Å². The number of hydrogen-bond acceptors (Lipinski definition) is 5. The Kier molecular flexibility index (Phi) is 2.61. The SMILES string of the molecule is CC1(C)C=C(N[C@H]2CCN(c3ncccn3)C2)O1. The molecular weight excluding hydrogens is 228 g/mol. The Morgan fingerprint density at radius 1 is 1.39 bits per heavy atom. The third-order valence-corrected chi connectivity index (χ3v) is 3.22. The molecule has 0 amide bonds. The maximum absolute atomic E-state index is 5.63. The fourth-order valence-corrected chi connectivity index (χ4v) is 2.39. The molecule has 0 saturated carbocycles. The standard InChI is InChI=1S/C13H18N4O/c1-13(2)8-11(18-13)16-10-4-7-17(9-10)12-14-5-3-6-15-12/h3,5-6,8,10,16H,4,7,9H2,1-2H3/t10-/m0/s1. The van der Waals surface area contributed by atoms with Crippen LogP contribution < -0.4 is 10.2 Å². The second-order valence-corrected chi connectivity index (χ2v) is 5.34. The van der Waals surface area contributed by atoms with E-state index in [0.717, 1.165) is 31.3 Å². The number of rotatable bonds is 3. The predicted molar refractivity (Wildman–Crippen MR) is 69.0 cm³/mol. The molecule has 1 N–H and O–H groups in total. The molecule has 3 heterocycles. The molecule has 1 atom stereocenters. The van der Waals surface area contributed by atoms with E-state index in [-0.39, 0.29) is 5.60 Å². The van der Waals surface area contributed by atoms with E-state index >= 15 is 0 Å². The molecule has 96 valence electrons. The minimum Gasteiger partial charge on any atom is -0.469 e. The summed E-state index contributed by atoms with van der Waals surface area (Å²) in [6.45, 7) is 6.01. The van der Waals surface area contributed by atoms with Crippen molar-refractivity contribution in [3.05, 3.63) is 30.4 Å². The number of ether oxygens (including phenoxy) is 1. The van der Waals surface area contributed by atoms with Crippen LogP contribution in [0.5, 0.6) is 0 Å². The molecule has 1 aromatic heterocycles. The second kappa shape index (κ2) is 4.15. The average Bonchev–Trinajstić information content (AvgIpc) is 2.76. The van der Waals surface area contributed by atoms with E-state index in [1.807, 2.05) is 6.07 Å². The van der Waals surface area contributed by atoms with Crippen LogP contribution in [0.25, 0.3) is 0 Å². The second-order valence-electron chi connectivity index (χ2n) is 5.34. The molecule has 3 rings (SSSR count). The van der Waals surface area contributed by atoms with Crippen LogP contribution in [-0.2, 0) is 4.74 Å². The predicted octanol–water partition coefficient (Wildman–Crippen LogP) is 1.30. The summed E-state index contributed by atoms with van der Waals surface area (Å²) in [4.78, 5) is 10.7. The summed E-state index contributed by atoms with van der Waals surface area (Å²) in [5, 5.41) is 3.41. The van der Waals surface area contributed by atoms with Gasteiger partial charge in [0.1, 0.15) is 5.60 Å². The van der Waals surface area contributed by atoms with Crippen LogP contribution in [0, 0.1) is 0 Å². The molecule has 0 radical (unpaired) electrons. The van der Waals surface area contributed by atoms with Crippen molar-refractivity contribution in [3.8, 4) is 0 Å². The van der Waals surface area contributed by atoms with Gasteiger partial charge in [-0.05, 0) is 26.3 Å². The van der Waals surface area contributed by atoms with Crippen LogP contribution in [0.3, 0.4) is 0 Å². The summed E-state index contributed by atoms with van der Waals surface area (Å²) < 4.78 is 5.63. The van der Waals surface area contributed by atoms with Gasteiger partial charge in [0.15, 0.2) is 5.88 Å². The number of nitrogens with one attached hydrogen (secondary N) is 1. The number of aromatic nitrogens is 2. The Balaban J connectivity index is 1.57. The van der Waals surface area contributed by atoms with Crippen LogP contribution in [-0.4, -0.2) is 34.7 Å². The van der Waals surface area contributed by atoms with E-state index < -0.39 is 0 Å². The third-order valence-electron chi connectivity index (χ3n) is 3.22. The summed E-state index contributed by atoms with van der Waals surface area (Å²) in [6, 6.07) is 2.25. The van der Waals surface area contributed by atoms with Gasteiger partial charge >= 0.3 is 0 Å². The Morgan fingerprint density at radius 2 is 2.11 bits per heavy atom. The molecule has 0 aromatic carbocycles. The largest absolute Gasteiger partial charge is 0.469 e. The first-order chi connectivity index (χ1) is 8.62. The van der Waals surface area contributed by atoms with Gasteiger partial charge < -0.3 is 15.0 Å². The van der Waals surface area contributed by atoms with Gasteiger partial charge in [-0.1, -0.05) is 0 Å². The van der Waals surface area contributed by atoms with E-state index in [0.29, 0.717) is 6.04 Å². The maximum Gasteiger partial charge on any atom is 0.225 e. The lowest BCUT2D eigenvalue weighted by Crippen LogP contribution is -2.42. The Labute approximate surface area is 107 Å². The average molecular weight is 246 g/mol. The molecule has 1 fully saturated rings. The monoisotopic (exact) mass is 246 g/mol. The smallest absolute Gasteiger partial charge is 0.225 e. The molecule has 1 saturated heterocycles. The Hall–Kier alpha value is -1.78. The van der Waals surface area contributed by atoms with Crippen molar-refractivity contribution < 1.29 is 4.74 Å². The van der Waals surface area contributed by atoms with Crippen molar-refractivity contribution in [2.75, 3.05) is 18.0 Å². The van der Waals surface area contributed by atoms with Gasteiger partial charge in [-0.3, -0.25) is 0 Å². The molecule has 5 heteroatoms. The van der Waals surface area contributed by atoms with E-state index in [1.54, 1.807) is 12.4 Å². The van der Waals surface area contributed by atoms with Gasteiger partial charge in [-0.15, -0.1) is 0 Å². The molecule has 2 aliphatic rings. The van der Waals surface area contributed by atoms with Crippen molar-refractivity contribution in [3.63, 3.8) is 0 Å². The molecule has 0 spiro atoms. The van der Waals surface area contributed by atoms with Crippen LogP contribution in [0.1, 0.15) is 20.3 Å². The zero-order chi connectivity index (χ0) is 12.6. The highest BCUT2D eigenvalue weighted by molar-refractivity contribution is 5.31. The maximum atomic E-state index is 5.63. The quantitative estimate of drug-likeness (QED) is 0.871. The first-order valence-corrected chi connectivity index (χ1v) is 6.33. The highest BCUT2D eigenvalue weighted by Crippen LogP contribution is 2.27. The lowest BCUT2D eigenvalue weighted by Gasteiger charge is -2.35. The van der Waals surface area contributed by atoms with Crippen molar-refractivity contribution in [2.45, 2.75) is 31.9 Å². The Morgan fingerprint density at radius 3 is 2.78 bits per heavy atom. The molecule has 0 aliphatic carbocycles. The summed E-state index contributed by atoms with van der Waals surface area (Å²) in [7, 11) is 0. The van der Waals surface area contributed by atoms with Gasteiger partial charge in [-0.25, -0.2) is 9.97 Å². The van der Waals surface area contributed by atoms with Crippen molar-refractivity contribution >= 4 is 5.95 Å². The van der Waals surface area contributed by atoms with Gasteiger partial charge in [0.2, 0.25) is 5.95 Å². The summed E-state index contributed by atoms with van der Waals surface area (Å²) >= 11 is 0. The molecular formula is C13H18N4O. The molecule has 1 aromatic rings. The number of hydrogen-bond donors (Lipinski definition) is 1. The normalized spacial score (nSPS) is 25.1. The summed E-state index contributed by atoms with van der Waals surface area (Å²) in [5.74, 6) is 1.71. The van der Waals surface area contributed by atoms with Crippen molar-refractivity contribution in [2.24, 2.45) is 0 Å². The third kappa shape index (κ3) is 2.25. The van der Waals surface area contributed by atoms with Crippen molar-refractivity contribution in [1.29, 1.82) is 0 Å². The Bertz CT molecular complexity index is 457. The first-order valence-electron chi connectivity index (χ1n) is 6.33. The first kappa shape index (κ1) is 11.3. The molecule has 0 unspecified atom stereocenters. The lowest BCUT2D eigenvalue weighted by molar-refractivity contribution is 0.0107. The fraction of sp³-hybridized carbons (Fsp3) is 0.538. The summed E-state index contributed by atoms with van der Waals surface area (Å²) in [6.07, 6.45) is 6.76. The zero-order valence-corrected chi connectivity index (χ0v) is 10.8. The summed E-state index contributed by atoms with van der Waals surface area (Å²) in [5.41, 5.74) is -0.108. The van der Waals surface area contributed by atoms with Gasteiger partial charge in [-0.2, -0.15) is 0 Å². The minimum atomic E-state index is -0.108. The minimum absolute atomic E-state index is 0.108. The molecule has 18 heavy (non-hydrogen) atoms. The van der Waals surface area contributed by atoms with E-state index in [1.165, 1.54) is 0 Å². The van der Waals surface area contributed by atoms with Gasteiger partial charge in [0, 0.05) is 37.6 Å². The van der Waals surface area contributed by atoms with E-state index in [9.17, 15) is 0 Å². The van der Waals surface area contributed by atoms with Gasteiger partial charge in [0.05, 0.1) is 0 Å². The number of nitrogens with zero attached hydrogens (tertiary/aromatic N) is 3. The van der Waals surface area contributed by atoms with E-state index in [2.05, 4.69) is 40.1 Å². The van der Waals surface area contributed by atoms with E-state index in [4.69, 9.17) is 4.74 Å².